The first-order chi connectivity index (χ1) is 7.22. The molecule has 1 aliphatic heterocycles. The van der Waals surface area contributed by atoms with Crippen LogP contribution in [-0.4, -0.2) is 38.2 Å². The van der Waals surface area contributed by atoms with Gasteiger partial charge in [0.2, 0.25) is 0 Å². The van der Waals surface area contributed by atoms with E-state index in [1.165, 1.54) is 13.8 Å². The van der Waals surface area contributed by atoms with Crippen LogP contribution in [0.15, 0.2) is 11.9 Å². The standard InChI is InChI=1S/C8H14O7P.U/c1-5-6(9)7(10)8(2,14-5)3-4-16(12,13)15-11;/h3-4,6-7,9-11H,1-2H3,(H,12,13);/q-1;/b4-3+;. The largest absolute Gasteiger partial charge is 0.537 e. The van der Waals surface area contributed by atoms with E-state index in [0.29, 0.717) is 5.82 Å². The van der Waals surface area contributed by atoms with Gasteiger partial charge in [-0.15, -0.1) is 4.67 Å². The van der Waals surface area contributed by atoms with E-state index in [0.717, 1.165) is 6.08 Å². The van der Waals surface area contributed by atoms with Crippen molar-refractivity contribution in [1.82, 2.24) is 0 Å². The average molecular weight is 491 g/mol. The van der Waals surface area contributed by atoms with E-state index >= 15 is 0 Å². The maximum atomic E-state index is 10.9. The molecule has 98 valence electrons. The number of aliphatic hydroxyl groups is 2. The van der Waals surface area contributed by atoms with Gasteiger partial charge >= 0.3 is 7.60 Å². The van der Waals surface area contributed by atoms with Crippen LogP contribution in [0.2, 0.25) is 0 Å². The SMILES string of the molecule is C[C-]1OC(C)(/C=C/P(=O)(O)OO)C(O)C1O.[U]. The Morgan fingerprint density at radius 3 is 2.41 bits per heavy atom. The van der Waals surface area contributed by atoms with Crippen molar-refractivity contribution in [3.63, 3.8) is 0 Å². The van der Waals surface area contributed by atoms with Crippen LogP contribution in [0, 0.1) is 37.2 Å². The summed E-state index contributed by atoms with van der Waals surface area (Å²) in [5, 5.41) is 27.2. The number of hydrogen-bond acceptors (Lipinski definition) is 6. The molecule has 0 aromatic heterocycles. The smallest absolute Gasteiger partial charge is 0.378 e. The number of hydrogen-bond donors (Lipinski definition) is 4. The fourth-order valence-electron chi connectivity index (χ4n) is 1.41. The van der Waals surface area contributed by atoms with Crippen LogP contribution in [0.4, 0.5) is 0 Å². The number of ether oxygens (including phenoxy) is 1. The van der Waals surface area contributed by atoms with Crippen molar-refractivity contribution < 1.29 is 65.5 Å². The first-order valence-electron chi connectivity index (χ1n) is 4.46. The second-order valence-corrected chi connectivity index (χ2v) is 5.34. The summed E-state index contributed by atoms with van der Waals surface area (Å²) in [5.41, 5.74) is -1.33. The van der Waals surface area contributed by atoms with E-state index in [-0.39, 0.29) is 37.2 Å². The molecule has 0 aromatic carbocycles. The Kier molecular flexibility index (Phi) is 6.58. The zero-order chi connectivity index (χ0) is 12.6. The zero-order valence-electron chi connectivity index (χ0n) is 9.27. The minimum Gasteiger partial charge on any atom is -0.537 e. The maximum Gasteiger partial charge on any atom is 0.378 e. The summed E-state index contributed by atoms with van der Waals surface area (Å²) in [6.45, 7) is 2.90. The fraction of sp³-hybridized carbons (Fsp3) is 0.625. The van der Waals surface area contributed by atoms with Crippen LogP contribution in [0.1, 0.15) is 13.8 Å². The van der Waals surface area contributed by atoms with E-state index < -0.39 is 25.4 Å². The average Bonchev–Trinajstić information content (AvgIpc) is 2.41. The molecule has 1 heterocycles. The van der Waals surface area contributed by atoms with Crippen LogP contribution in [-0.2, 0) is 14.0 Å². The van der Waals surface area contributed by atoms with E-state index in [1.807, 2.05) is 0 Å². The molecule has 7 nitrogen and oxygen atoms in total. The van der Waals surface area contributed by atoms with Crippen molar-refractivity contribution in [3.8, 4) is 0 Å². The first-order valence-corrected chi connectivity index (χ1v) is 6.11. The van der Waals surface area contributed by atoms with Gasteiger partial charge in [-0.05, 0) is 19.1 Å². The Balaban J connectivity index is 0.00000256. The molecule has 9 heteroatoms. The Morgan fingerprint density at radius 2 is 2.06 bits per heavy atom. The Labute approximate surface area is 122 Å². The molecule has 0 bridgehead atoms. The van der Waals surface area contributed by atoms with E-state index in [1.54, 1.807) is 0 Å². The van der Waals surface area contributed by atoms with Crippen molar-refractivity contribution in [1.29, 1.82) is 0 Å². The fourth-order valence-corrected chi connectivity index (χ4v) is 1.94. The van der Waals surface area contributed by atoms with Gasteiger partial charge in [-0.1, -0.05) is 0 Å². The monoisotopic (exact) mass is 491 g/mol. The minimum atomic E-state index is -4.24. The zero-order valence-corrected chi connectivity index (χ0v) is 14.3. The van der Waals surface area contributed by atoms with Gasteiger partial charge in [-0.3, -0.25) is 4.57 Å². The van der Waals surface area contributed by atoms with Crippen molar-refractivity contribution in [2.24, 2.45) is 0 Å². The van der Waals surface area contributed by atoms with Crippen LogP contribution in [0.5, 0.6) is 0 Å². The second kappa shape index (κ2) is 6.29. The molecular weight excluding hydrogens is 477 g/mol. The quantitative estimate of drug-likeness (QED) is 0.194. The molecule has 1 rings (SSSR count). The van der Waals surface area contributed by atoms with E-state index in [9.17, 15) is 14.8 Å². The van der Waals surface area contributed by atoms with Gasteiger partial charge in [-0.2, -0.15) is 13.0 Å². The van der Waals surface area contributed by atoms with Gasteiger partial charge in [0.15, 0.2) is 0 Å². The molecule has 17 heavy (non-hydrogen) atoms. The van der Waals surface area contributed by atoms with Crippen LogP contribution in [0.3, 0.4) is 0 Å². The molecule has 0 aromatic rings. The molecule has 0 amide bonds. The molecule has 4 atom stereocenters. The third-order valence-corrected chi connectivity index (χ3v) is 3.15. The van der Waals surface area contributed by atoms with Crippen molar-refractivity contribution in [2.75, 3.05) is 0 Å². The van der Waals surface area contributed by atoms with Crippen LogP contribution >= 0.6 is 7.60 Å². The predicted octanol–water partition coefficient (Wildman–Crippen LogP) is 0.238. The molecule has 4 unspecified atom stereocenters. The number of aliphatic hydroxyl groups excluding tert-OH is 2. The predicted molar refractivity (Wildman–Crippen MR) is 53.1 cm³/mol. The van der Waals surface area contributed by atoms with Crippen molar-refractivity contribution >= 4 is 7.60 Å². The molecule has 0 aliphatic carbocycles. The minimum absolute atomic E-state index is 0. The molecule has 1 aliphatic rings. The Hall–Kier alpha value is 0.782. The van der Waals surface area contributed by atoms with Gasteiger partial charge in [0.1, 0.15) is 0 Å². The Bertz CT molecular complexity index is 336. The van der Waals surface area contributed by atoms with Crippen molar-refractivity contribution in [2.45, 2.75) is 31.7 Å². The number of rotatable bonds is 3. The van der Waals surface area contributed by atoms with Gasteiger partial charge < -0.3 is 19.8 Å². The third kappa shape index (κ3) is 4.13. The van der Waals surface area contributed by atoms with Gasteiger partial charge in [0, 0.05) is 36.9 Å². The third-order valence-electron chi connectivity index (χ3n) is 2.39. The molecule has 0 saturated carbocycles. The van der Waals surface area contributed by atoms with Gasteiger partial charge in [0.25, 0.3) is 0 Å². The first kappa shape index (κ1) is 17.8. The normalized spacial score (nSPS) is 38.0. The van der Waals surface area contributed by atoms with E-state index in [4.69, 9.17) is 14.9 Å². The van der Waals surface area contributed by atoms with E-state index in [2.05, 4.69) is 4.67 Å². The summed E-state index contributed by atoms with van der Waals surface area (Å²) >= 11 is 0. The molecule has 1 fully saturated rings. The topological polar surface area (TPSA) is 116 Å². The van der Waals surface area contributed by atoms with Crippen molar-refractivity contribution in [3.05, 3.63) is 18.0 Å². The van der Waals surface area contributed by atoms with Crippen LogP contribution < -0.4 is 0 Å². The van der Waals surface area contributed by atoms with Gasteiger partial charge in [0.05, 0.1) is 11.7 Å². The molecule has 1 saturated heterocycles. The second-order valence-electron chi connectivity index (χ2n) is 3.75. The summed E-state index contributed by atoms with van der Waals surface area (Å²) < 4.78 is 19.5. The Morgan fingerprint density at radius 1 is 1.53 bits per heavy atom. The summed E-state index contributed by atoms with van der Waals surface area (Å²) in [6.07, 6.45) is -1.16. The summed E-state index contributed by atoms with van der Waals surface area (Å²) in [6, 6.07) is 0. The molecule has 0 spiro atoms. The summed E-state index contributed by atoms with van der Waals surface area (Å²) in [4.78, 5) is 8.91. The molecular formula is C8H14O7PU-. The van der Waals surface area contributed by atoms with Crippen LogP contribution in [0.25, 0.3) is 0 Å². The molecule has 4 N–H and O–H groups in total. The maximum absolute atomic E-state index is 10.9. The van der Waals surface area contributed by atoms with Gasteiger partial charge in [-0.25, -0.2) is 5.26 Å². The summed E-state index contributed by atoms with van der Waals surface area (Å²) in [7, 11) is -4.24. The molecule has 0 radical (unpaired) electrons. The summed E-state index contributed by atoms with van der Waals surface area (Å²) in [5.74, 6) is 0.682.